The van der Waals surface area contributed by atoms with Gasteiger partial charge in [0.15, 0.2) is 0 Å². The van der Waals surface area contributed by atoms with Crippen molar-refractivity contribution in [1.82, 2.24) is 0 Å². The lowest BCUT2D eigenvalue weighted by Crippen LogP contribution is -2.38. The van der Waals surface area contributed by atoms with Crippen LogP contribution in [0.4, 0.5) is 5.69 Å². The summed E-state index contributed by atoms with van der Waals surface area (Å²) in [6.45, 7) is 4.11. The summed E-state index contributed by atoms with van der Waals surface area (Å²) in [4.78, 5) is 26.0. The number of esters is 2. The molecule has 0 saturated heterocycles. The minimum Gasteiger partial charge on any atom is -0.466 e. The van der Waals surface area contributed by atoms with Crippen LogP contribution in [-0.2, 0) is 23.8 Å². The Balaban J connectivity index is 1.90. The molecule has 1 aliphatic rings. The number of hydrogen-bond donors (Lipinski definition) is 0. The van der Waals surface area contributed by atoms with E-state index in [1.54, 1.807) is 29.2 Å². The van der Waals surface area contributed by atoms with Crippen molar-refractivity contribution in [2.75, 3.05) is 32.5 Å². The Kier molecular flexibility index (Phi) is 6.19. The Morgan fingerprint density at radius 1 is 0.966 bits per heavy atom. The zero-order chi connectivity index (χ0) is 21.0. The molecule has 7 heteroatoms. The van der Waals surface area contributed by atoms with Gasteiger partial charge in [0.1, 0.15) is 23.9 Å². The van der Waals surface area contributed by atoms with E-state index in [4.69, 9.17) is 18.9 Å². The van der Waals surface area contributed by atoms with Crippen molar-refractivity contribution in [3.05, 3.63) is 64.9 Å². The van der Waals surface area contributed by atoms with E-state index < -0.39 is 11.9 Å². The van der Waals surface area contributed by atoms with Gasteiger partial charge >= 0.3 is 11.9 Å². The number of ether oxygens (including phenoxy) is 4. The molecule has 0 aliphatic carbocycles. The van der Waals surface area contributed by atoms with E-state index >= 15 is 0 Å². The van der Waals surface area contributed by atoms with Gasteiger partial charge in [0.25, 0.3) is 0 Å². The maximum absolute atomic E-state index is 12.3. The smallest absolute Gasteiger partial charge is 0.355 e. The number of rotatable bonds is 5. The normalized spacial score (nSPS) is 13.9. The molecule has 1 heterocycles. The summed E-state index contributed by atoms with van der Waals surface area (Å²) >= 11 is 0. The number of aryl methyl sites for hydroxylation is 1. The fourth-order valence-electron chi connectivity index (χ4n) is 3.00. The van der Waals surface area contributed by atoms with Gasteiger partial charge < -0.3 is 23.8 Å². The van der Waals surface area contributed by atoms with Crippen molar-refractivity contribution >= 4 is 17.6 Å². The fourth-order valence-corrected chi connectivity index (χ4v) is 3.00. The molecule has 0 atom stereocenters. The van der Waals surface area contributed by atoms with E-state index in [9.17, 15) is 9.59 Å². The lowest BCUT2D eigenvalue weighted by molar-refractivity contribution is -0.140. The molecule has 29 heavy (non-hydrogen) atoms. The maximum Gasteiger partial charge on any atom is 0.355 e. The van der Waals surface area contributed by atoms with E-state index in [0.717, 1.165) is 16.9 Å². The second-order valence-electron chi connectivity index (χ2n) is 6.51. The highest BCUT2D eigenvalue weighted by Crippen LogP contribution is 2.31. The molecule has 0 amide bonds. The highest BCUT2D eigenvalue weighted by atomic mass is 16.5. The topological polar surface area (TPSA) is 74.3 Å². The van der Waals surface area contributed by atoms with Crippen LogP contribution in [-0.4, -0.2) is 39.5 Å². The highest BCUT2D eigenvalue weighted by molar-refractivity contribution is 6.03. The Morgan fingerprint density at radius 2 is 1.66 bits per heavy atom. The third-order valence-electron chi connectivity index (χ3n) is 4.76. The van der Waals surface area contributed by atoms with Gasteiger partial charge in [-0.05, 0) is 55.3 Å². The molecule has 2 aromatic carbocycles. The first-order valence-electron chi connectivity index (χ1n) is 9.05. The number of nitrogens with zero attached hydrogens (tertiary/aromatic N) is 1. The van der Waals surface area contributed by atoms with E-state index in [1.165, 1.54) is 14.2 Å². The molecule has 0 unspecified atom stereocenters. The molecule has 0 radical (unpaired) electrons. The number of carbonyl (C=O) groups is 2. The van der Waals surface area contributed by atoms with Gasteiger partial charge in [-0.1, -0.05) is 12.1 Å². The lowest BCUT2D eigenvalue weighted by atomic mass is 10.1. The van der Waals surface area contributed by atoms with Crippen LogP contribution < -0.4 is 9.64 Å². The fraction of sp³-hybridized carbons (Fsp3) is 0.273. The average Bonchev–Trinajstić information content (AvgIpc) is 2.75. The maximum atomic E-state index is 12.3. The number of methoxy groups -OCH3 is 2. The summed E-state index contributed by atoms with van der Waals surface area (Å²) in [6, 6.07) is 13.0. The van der Waals surface area contributed by atoms with Crippen LogP contribution in [0.25, 0.3) is 0 Å². The molecule has 0 bridgehead atoms. The van der Waals surface area contributed by atoms with E-state index in [-0.39, 0.29) is 24.6 Å². The molecule has 0 fully saturated rings. The van der Waals surface area contributed by atoms with Crippen LogP contribution in [0, 0.1) is 13.8 Å². The van der Waals surface area contributed by atoms with Gasteiger partial charge in [0.2, 0.25) is 0 Å². The minimum atomic E-state index is -0.635. The van der Waals surface area contributed by atoms with Gasteiger partial charge in [-0.2, -0.15) is 0 Å². The molecule has 3 rings (SSSR count). The monoisotopic (exact) mass is 397 g/mol. The number of benzene rings is 2. The van der Waals surface area contributed by atoms with Gasteiger partial charge in [-0.3, -0.25) is 0 Å². The molecule has 0 N–H and O–H groups in total. The summed E-state index contributed by atoms with van der Waals surface area (Å²) < 4.78 is 21.1. The first-order chi connectivity index (χ1) is 14.0. The van der Waals surface area contributed by atoms with Crippen LogP contribution in [0.3, 0.4) is 0 Å². The highest BCUT2D eigenvalue weighted by Gasteiger charge is 2.32. The molecule has 152 valence electrons. The minimum absolute atomic E-state index is 0.0264. The molecular weight excluding hydrogens is 374 g/mol. The van der Waals surface area contributed by atoms with Crippen LogP contribution in [0.2, 0.25) is 0 Å². The van der Waals surface area contributed by atoms with E-state index in [1.807, 2.05) is 32.0 Å². The third kappa shape index (κ3) is 4.25. The molecule has 0 saturated carbocycles. The summed E-state index contributed by atoms with van der Waals surface area (Å²) in [5, 5.41) is 0. The average molecular weight is 397 g/mol. The first kappa shape index (κ1) is 20.4. The second-order valence-corrected chi connectivity index (χ2v) is 6.51. The van der Waals surface area contributed by atoms with Gasteiger partial charge in [0, 0.05) is 5.69 Å². The Morgan fingerprint density at radius 3 is 2.31 bits per heavy atom. The second kappa shape index (κ2) is 8.79. The molecule has 2 aromatic rings. The number of carbonyl (C=O) groups excluding carboxylic acids is 2. The summed E-state index contributed by atoms with van der Waals surface area (Å²) in [7, 11) is 2.52. The predicted octanol–water partition coefficient (Wildman–Crippen LogP) is 3.49. The van der Waals surface area contributed by atoms with Crippen molar-refractivity contribution < 1.29 is 28.5 Å². The summed E-state index contributed by atoms with van der Waals surface area (Å²) in [6.07, 6.45) is 0. The SMILES string of the molecule is COC(=O)C1=C(C(=O)OC)N(c2ccc(Oc3cccc(C)c3C)cc2)COC1. The Hall–Kier alpha value is -3.32. The summed E-state index contributed by atoms with van der Waals surface area (Å²) in [5.74, 6) is 0.161. The molecule has 7 nitrogen and oxygen atoms in total. The largest absolute Gasteiger partial charge is 0.466 e. The molecule has 0 spiro atoms. The Labute approximate surface area is 169 Å². The van der Waals surface area contributed by atoms with Gasteiger partial charge in [-0.25, -0.2) is 9.59 Å². The van der Waals surface area contributed by atoms with Crippen LogP contribution >= 0.6 is 0 Å². The van der Waals surface area contributed by atoms with Gasteiger partial charge in [0.05, 0.1) is 26.4 Å². The number of hydrogen-bond acceptors (Lipinski definition) is 7. The predicted molar refractivity (Wildman–Crippen MR) is 107 cm³/mol. The van der Waals surface area contributed by atoms with Gasteiger partial charge in [-0.15, -0.1) is 0 Å². The zero-order valence-corrected chi connectivity index (χ0v) is 16.9. The van der Waals surface area contributed by atoms with Crippen molar-refractivity contribution in [3.8, 4) is 11.5 Å². The number of anilines is 1. The van der Waals surface area contributed by atoms with E-state index in [0.29, 0.717) is 11.4 Å². The Bertz CT molecular complexity index is 948. The first-order valence-corrected chi connectivity index (χ1v) is 9.05. The van der Waals surface area contributed by atoms with Crippen molar-refractivity contribution in [1.29, 1.82) is 0 Å². The van der Waals surface area contributed by atoms with Crippen LogP contribution in [0.5, 0.6) is 11.5 Å². The summed E-state index contributed by atoms with van der Waals surface area (Å²) in [5.41, 5.74) is 3.09. The quantitative estimate of drug-likeness (QED) is 0.715. The standard InChI is InChI=1S/C22H23NO6/c1-14-6-5-7-19(15(14)2)29-17-10-8-16(9-11-17)23-13-28-12-18(21(24)26-3)20(23)22(25)27-4/h5-11H,12-13H2,1-4H3. The lowest BCUT2D eigenvalue weighted by Gasteiger charge is -2.31. The van der Waals surface area contributed by atoms with E-state index in [2.05, 4.69) is 0 Å². The molecular formula is C22H23NO6. The van der Waals surface area contributed by atoms with Crippen molar-refractivity contribution in [3.63, 3.8) is 0 Å². The van der Waals surface area contributed by atoms with Crippen molar-refractivity contribution in [2.45, 2.75) is 13.8 Å². The molecule has 0 aromatic heterocycles. The third-order valence-corrected chi connectivity index (χ3v) is 4.76. The van der Waals surface area contributed by atoms with Crippen molar-refractivity contribution in [2.24, 2.45) is 0 Å². The molecule has 1 aliphatic heterocycles. The van der Waals surface area contributed by atoms with Crippen LogP contribution in [0.1, 0.15) is 11.1 Å². The van der Waals surface area contributed by atoms with Crippen LogP contribution in [0.15, 0.2) is 53.7 Å². The zero-order valence-electron chi connectivity index (χ0n) is 16.9.